The maximum atomic E-state index is 10.7. The Balaban J connectivity index is 2.40. The van der Waals surface area contributed by atoms with Crippen LogP contribution < -0.4 is 16.2 Å². The number of carbonyl (C=O) groups is 1. The molecule has 0 saturated heterocycles. The maximum absolute atomic E-state index is 10.7. The summed E-state index contributed by atoms with van der Waals surface area (Å²) in [5.41, 5.74) is 12.3. The van der Waals surface area contributed by atoms with E-state index in [9.17, 15) is 4.79 Å². The average molecular weight is 222 g/mol. The highest BCUT2D eigenvalue weighted by Crippen LogP contribution is 2.23. The van der Waals surface area contributed by atoms with Crippen molar-refractivity contribution < 1.29 is 14.3 Å². The van der Waals surface area contributed by atoms with Gasteiger partial charge in [0, 0.05) is 17.8 Å². The van der Waals surface area contributed by atoms with Crippen molar-refractivity contribution in [2.75, 3.05) is 24.7 Å². The fraction of sp³-hybridized carbons (Fsp3) is 0.182. The third-order valence-electron chi connectivity index (χ3n) is 1.79. The predicted molar refractivity (Wildman–Crippen MR) is 61.9 cm³/mol. The Bertz CT molecular complexity index is 391. The van der Waals surface area contributed by atoms with Crippen LogP contribution in [0.2, 0.25) is 0 Å². The molecule has 0 aromatic heterocycles. The number of rotatable bonds is 5. The number of nitrogens with two attached hydrogens (primary N) is 2. The Morgan fingerprint density at radius 3 is 2.81 bits per heavy atom. The van der Waals surface area contributed by atoms with Crippen molar-refractivity contribution >= 4 is 17.3 Å². The van der Waals surface area contributed by atoms with Crippen LogP contribution in [0.1, 0.15) is 0 Å². The molecule has 5 nitrogen and oxygen atoms in total. The van der Waals surface area contributed by atoms with Gasteiger partial charge in [-0.2, -0.15) is 0 Å². The molecule has 0 radical (unpaired) electrons. The van der Waals surface area contributed by atoms with Gasteiger partial charge in [-0.1, -0.05) is 6.58 Å². The molecule has 0 atom stereocenters. The number of esters is 1. The van der Waals surface area contributed by atoms with E-state index in [0.29, 0.717) is 17.1 Å². The van der Waals surface area contributed by atoms with Gasteiger partial charge in [0.05, 0.1) is 5.69 Å². The van der Waals surface area contributed by atoms with Gasteiger partial charge in [0.15, 0.2) is 0 Å². The molecule has 0 bridgehead atoms. The summed E-state index contributed by atoms with van der Waals surface area (Å²) in [6.07, 6.45) is 1.09. The Morgan fingerprint density at radius 2 is 2.12 bits per heavy atom. The van der Waals surface area contributed by atoms with E-state index in [0.717, 1.165) is 6.08 Å². The molecule has 1 aromatic rings. The molecule has 16 heavy (non-hydrogen) atoms. The molecular formula is C11H14N2O3. The molecule has 86 valence electrons. The minimum absolute atomic E-state index is 0.138. The first-order valence-corrected chi connectivity index (χ1v) is 4.70. The zero-order chi connectivity index (χ0) is 12.0. The fourth-order valence-electron chi connectivity index (χ4n) is 1.03. The van der Waals surface area contributed by atoms with Crippen LogP contribution in [0, 0.1) is 0 Å². The molecule has 5 heteroatoms. The summed E-state index contributed by atoms with van der Waals surface area (Å²) < 4.78 is 10.0. The van der Waals surface area contributed by atoms with E-state index in [1.165, 1.54) is 0 Å². The summed E-state index contributed by atoms with van der Waals surface area (Å²) in [7, 11) is 0. The van der Waals surface area contributed by atoms with Crippen LogP contribution >= 0.6 is 0 Å². The van der Waals surface area contributed by atoms with E-state index in [1.54, 1.807) is 18.2 Å². The van der Waals surface area contributed by atoms with Gasteiger partial charge >= 0.3 is 5.97 Å². The van der Waals surface area contributed by atoms with Gasteiger partial charge in [-0.05, 0) is 12.1 Å². The lowest BCUT2D eigenvalue weighted by molar-refractivity contribution is -0.138. The zero-order valence-electron chi connectivity index (χ0n) is 8.81. The quantitative estimate of drug-likeness (QED) is 0.335. The highest BCUT2D eigenvalue weighted by atomic mass is 16.6. The molecule has 4 N–H and O–H groups in total. The number of hydrogen-bond donors (Lipinski definition) is 2. The second kappa shape index (κ2) is 5.65. The van der Waals surface area contributed by atoms with Crippen molar-refractivity contribution in [1.29, 1.82) is 0 Å². The summed E-state index contributed by atoms with van der Waals surface area (Å²) in [6, 6.07) is 4.95. The second-order valence-electron chi connectivity index (χ2n) is 3.02. The van der Waals surface area contributed by atoms with E-state index in [-0.39, 0.29) is 13.2 Å². The van der Waals surface area contributed by atoms with Crippen LogP contribution in [0.3, 0.4) is 0 Å². The summed E-state index contributed by atoms with van der Waals surface area (Å²) in [5.74, 6) is -0.00111. The van der Waals surface area contributed by atoms with Gasteiger partial charge in [-0.15, -0.1) is 0 Å². The molecule has 0 aliphatic rings. The lowest BCUT2D eigenvalue weighted by atomic mass is 10.2. The standard InChI is InChI=1S/C11H14N2O3/c1-2-11(14)16-6-5-15-10-7-8(12)3-4-9(10)13/h2-4,7H,1,5-6,12-13H2. The molecule has 0 aliphatic carbocycles. The third kappa shape index (κ3) is 3.53. The molecule has 0 fully saturated rings. The smallest absolute Gasteiger partial charge is 0.330 e. The van der Waals surface area contributed by atoms with Crippen molar-refractivity contribution in [1.82, 2.24) is 0 Å². The highest BCUT2D eigenvalue weighted by molar-refractivity contribution is 5.81. The number of anilines is 2. The molecule has 0 aliphatic heterocycles. The van der Waals surface area contributed by atoms with Crippen LogP contribution in [0.5, 0.6) is 5.75 Å². The first-order chi connectivity index (χ1) is 7.63. The Morgan fingerprint density at radius 1 is 1.38 bits per heavy atom. The van der Waals surface area contributed by atoms with Crippen molar-refractivity contribution in [3.8, 4) is 5.75 Å². The summed E-state index contributed by atoms with van der Waals surface area (Å²) in [5, 5.41) is 0. The van der Waals surface area contributed by atoms with Gasteiger partial charge in [-0.25, -0.2) is 4.79 Å². The number of hydrogen-bond acceptors (Lipinski definition) is 5. The molecule has 1 aromatic carbocycles. The number of benzene rings is 1. The van der Waals surface area contributed by atoms with Gasteiger partial charge in [0.1, 0.15) is 19.0 Å². The molecule has 0 amide bonds. The largest absolute Gasteiger partial charge is 0.488 e. The summed E-state index contributed by atoms with van der Waals surface area (Å²) in [4.78, 5) is 10.7. The Hall–Kier alpha value is -2.17. The fourth-order valence-corrected chi connectivity index (χ4v) is 1.03. The first kappa shape index (κ1) is 11.9. The molecule has 0 spiro atoms. The van der Waals surface area contributed by atoms with Crippen LogP contribution in [0.15, 0.2) is 30.9 Å². The number of nitrogen functional groups attached to an aromatic ring is 2. The minimum Gasteiger partial charge on any atom is -0.488 e. The van der Waals surface area contributed by atoms with Gasteiger partial charge in [0.25, 0.3) is 0 Å². The summed E-state index contributed by atoms with van der Waals surface area (Å²) in [6.45, 7) is 3.62. The van der Waals surface area contributed by atoms with E-state index >= 15 is 0 Å². The molecular weight excluding hydrogens is 208 g/mol. The predicted octanol–water partition coefficient (Wildman–Crippen LogP) is 0.959. The van der Waals surface area contributed by atoms with E-state index in [2.05, 4.69) is 6.58 Å². The second-order valence-corrected chi connectivity index (χ2v) is 3.02. The normalized spacial score (nSPS) is 9.50. The van der Waals surface area contributed by atoms with Gasteiger partial charge in [-0.3, -0.25) is 0 Å². The van der Waals surface area contributed by atoms with Gasteiger partial charge < -0.3 is 20.9 Å². The van der Waals surface area contributed by atoms with Crippen LogP contribution in [0.4, 0.5) is 11.4 Å². The third-order valence-corrected chi connectivity index (χ3v) is 1.79. The van der Waals surface area contributed by atoms with Crippen molar-refractivity contribution in [3.63, 3.8) is 0 Å². The van der Waals surface area contributed by atoms with Crippen molar-refractivity contribution in [3.05, 3.63) is 30.9 Å². The highest BCUT2D eigenvalue weighted by Gasteiger charge is 2.01. The summed E-state index contributed by atoms with van der Waals surface area (Å²) >= 11 is 0. The lowest BCUT2D eigenvalue weighted by Gasteiger charge is -2.09. The topological polar surface area (TPSA) is 87.6 Å². The van der Waals surface area contributed by atoms with E-state index in [4.69, 9.17) is 20.9 Å². The average Bonchev–Trinajstić information content (AvgIpc) is 2.28. The number of ether oxygens (including phenoxy) is 2. The van der Waals surface area contributed by atoms with Crippen molar-refractivity contribution in [2.24, 2.45) is 0 Å². The molecule has 0 unspecified atom stereocenters. The maximum Gasteiger partial charge on any atom is 0.330 e. The lowest BCUT2D eigenvalue weighted by Crippen LogP contribution is -2.11. The van der Waals surface area contributed by atoms with Crippen LogP contribution in [-0.2, 0) is 9.53 Å². The van der Waals surface area contributed by atoms with Crippen molar-refractivity contribution in [2.45, 2.75) is 0 Å². The Labute approximate surface area is 93.6 Å². The first-order valence-electron chi connectivity index (χ1n) is 4.70. The van der Waals surface area contributed by atoms with E-state index in [1.807, 2.05) is 0 Å². The monoisotopic (exact) mass is 222 g/mol. The van der Waals surface area contributed by atoms with E-state index < -0.39 is 5.97 Å². The molecule has 0 heterocycles. The SMILES string of the molecule is C=CC(=O)OCCOc1cc(N)ccc1N. The minimum atomic E-state index is -0.482. The van der Waals surface area contributed by atoms with Gasteiger partial charge in [0.2, 0.25) is 0 Å². The van der Waals surface area contributed by atoms with Crippen LogP contribution in [0.25, 0.3) is 0 Å². The van der Waals surface area contributed by atoms with Crippen LogP contribution in [-0.4, -0.2) is 19.2 Å². The Kier molecular flexibility index (Phi) is 4.20. The zero-order valence-corrected chi connectivity index (χ0v) is 8.81. The molecule has 0 saturated carbocycles. The number of carbonyl (C=O) groups excluding carboxylic acids is 1. The molecule has 1 rings (SSSR count).